The Morgan fingerprint density at radius 3 is 1.92 bits per heavy atom. The van der Waals surface area contributed by atoms with Crippen molar-refractivity contribution in [3.05, 3.63) is 38.5 Å². The number of benzene rings is 1. The summed E-state index contributed by atoms with van der Waals surface area (Å²) >= 11 is 14.1. The van der Waals surface area contributed by atoms with E-state index in [2.05, 4.69) is 21.0 Å². The van der Waals surface area contributed by atoms with Crippen LogP contribution in [0.5, 0.6) is 0 Å². The number of nitrogens with zero attached hydrogens (tertiary/aromatic N) is 2. The lowest BCUT2D eigenvalue weighted by Crippen LogP contribution is -2.23. The molecule has 1 aromatic heterocycles. The molecule has 4 nitrogen and oxygen atoms in total. The predicted molar refractivity (Wildman–Crippen MR) is 79.5 cm³/mol. The summed E-state index contributed by atoms with van der Waals surface area (Å²) in [5, 5.41) is 2.22. The van der Waals surface area contributed by atoms with Gasteiger partial charge >= 0.3 is 11.7 Å². The van der Waals surface area contributed by atoms with Crippen molar-refractivity contribution in [2.45, 2.75) is 16.6 Å². The smallest absolute Gasteiger partial charge is 0.222 e. The fourth-order valence-electron chi connectivity index (χ4n) is 1.71. The van der Waals surface area contributed by atoms with Crippen LogP contribution in [0.15, 0.2) is 27.8 Å². The van der Waals surface area contributed by atoms with Crippen LogP contribution >= 0.6 is 39.1 Å². The van der Waals surface area contributed by atoms with Gasteiger partial charge in [-0.05, 0) is 28.1 Å². The molecule has 0 aliphatic rings. The van der Waals surface area contributed by atoms with E-state index < -0.39 is 52.3 Å². The summed E-state index contributed by atoms with van der Waals surface area (Å²) in [4.78, 5) is -1.24. The van der Waals surface area contributed by atoms with E-state index in [0.29, 0.717) is 23.0 Å². The summed E-state index contributed by atoms with van der Waals surface area (Å²) in [7, 11) is -5.75. The highest BCUT2D eigenvalue weighted by Crippen LogP contribution is 2.40. The van der Waals surface area contributed by atoms with E-state index in [-0.39, 0.29) is 0 Å². The minimum absolute atomic E-state index is 0.372. The molecule has 0 aliphatic heterocycles. The predicted octanol–water partition coefficient (Wildman–Crippen LogP) is 5.25. The van der Waals surface area contributed by atoms with Gasteiger partial charge in [-0.3, -0.25) is 0 Å². The maximum Gasteiger partial charge on any atom is 0.502 e. The number of sulfone groups is 1. The molecule has 1 heterocycles. The molecule has 1 aromatic carbocycles. The van der Waals surface area contributed by atoms with Crippen molar-refractivity contribution in [2.24, 2.45) is 0 Å². The van der Waals surface area contributed by atoms with Crippen molar-refractivity contribution < 1.29 is 34.8 Å². The second kappa shape index (κ2) is 6.32. The molecule has 0 radical (unpaired) electrons. The molecule has 0 fully saturated rings. The van der Waals surface area contributed by atoms with Crippen molar-refractivity contribution in [3.8, 4) is 5.69 Å². The zero-order valence-electron chi connectivity index (χ0n) is 11.3. The SMILES string of the molecule is O=S(=O)(c1cnn(-c2c(Cl)cc(C(F)(F)F)cc2Cl)c1Br)C(F)(F)F. The van der Waals surface area contributed by atoms with Crippen LogP contribution in [0.3, 0.4) is 0 Å². The Morgan fingerprint density at radius 2 is 1.52 bits per heavy atom. The first-order valence-electron chi connectivity index (χ1n) is 5.79. The molecule has 0 atom stereocenters. The molecule has 0 N–H and O–H groups in total. The minimum Gasteiger partial charge on any atom is -0.222 e. The van der Waals surface area contributed by atoms with E-state index in [1.807, 2.05) is 0 Å². The topological polar surface area (TPSA) is 52.0 Å². The van der Waals surface area contributed by atoms with Crippen LogP contribution in [0.2, 0.25) is 10.0 Å². The maximum absolute atomic E-state index is 12.7. The Bertz CT molecular complexity index is 916. The van der Waals surface area contributed by atoms with Crippen molar-refractivity contribution in [1.29, 1.82) is 0 Å². The van der Waals surface area contributed by atoms with Crippen LogP contribution in [0.4, 0.5) is 26.3 Å². The lowest BCUT2D eigenvalue weighted by molar-refractivity contribution is -0.137. The van der Waals surface area contributed by atoms with Crippen molar-refractivity contribution >= 4 is 49.0 Å². The summed E-state index contributed by atoms with van der Waals surface area (Å²) in [5.74, 6) is 0. The van der Waals surface area contributed by atoms with Gasteiger partial charge in [0.05, 0.1) is 21.8 Å². The van der Waals surface area contributed by atoms with Crippen LogP contribution in [0.1, 0.15) is 5.56 Å². The third-order valence-corrected chi connectivity index (χ3v) is 5.92. The number of hydrogen-bond acceptors (Lipinski definition) is 3. The third-order valence-electron chi connectivity index (χ3n) is 2.83. The van der Waals surface area contributed by atoms with Gasteiger partial charge < -0.3 is 0 Å². The molecular formula is C11H3BrCl2F6N2O2S. The highest BCUT2D eigenvalue weighted by atomic mass is 79.9. The largest absolute Gasteiger partial charge is 0.502 e. The Balaban J connectivity index is 2.67. The lowest BCUT2D eigenvalue weighted by Gasteiger charge is -2.13. The normalized spacial score (nSPS) is 13.3. The van der Waals surface area contributed by atoms with E-state index in [4.69, 9.17) is 23.2 Å². The molecule has 0 aliphatic carbocycles. The second-order valence-corrected chi connectivity index (χ2v) is 7.92. The molecule has 25 heavy (non-hydrogen) atoms. The van der Waals surface area contributed by atoms with Crippen molar-refractivity contribution in [3.63, 3.8) is 0 Å². The average Bonchev–Trinajstić information content (AvgIpc) is 2.78. The van der Waals surface area contributed by atoms with Gasteiger partial charge in [0.2, 0.25) is 0 Å². The molecular weight excluding hydrogens is 489 g/mol. The van der Waals surface area contributed by atoms with Gasteiger partial charge in [0.25, 0.3) is 9.84 Å². The molecule has 0 unspecified atom stereocenters. The molecule has 0 bridgehead atoms. The Kier molecular flexibility index (Phi) is 5.14. The highest BCUT2D eigenvalue weighted by molar-refractivity contribution is 9.10. The fourth-order valence-corrected chi connectivity index (χ4v) is 4.11. The van der Waals surface area contributed by atoms with Crippen LogP contribution in [-0.4, -0.2) is 23.7 Å². The van der Waals surface area contributed by atoms with Crippen LogP contribution in [-0.2, 0) is 16.0 Å². The monoisotopic (exact) mass is 490 g/mol. The van der Waals surface area contributed by atoms with Gasteiger partial charge in [-0.1, -0.05) is 23.2 Å². The van der Waals surface area contributed by atoms with Crippen molar-refractivity contribution in [1.82, 2.24) is 9.78 Å². The Morgan fingerprint density at radius 1 is 1.04 bits per heavy atom. The van der Waals surface area contributed by atoms with Gasteiger partial charge in [0, 0.05) is 0 Å². The number of rotatable bonds is 2. The average molecular weight is 492 g/mol. The van der Waals surface area contributed by atoms with E-state index in [0.717, 1.165) is 0 Å². The summed E-state index contributed by atoms with van der Waals surface area (Å²) in [6.07, 6.45) is -4.39. The lowest BCUT2D eigenvalue weighted by atomic mass is 10.2. The Labute approximate surface area is 154 Å². The van der Waals surface area contributed by atoms with Gasteiger partial charge in [0.15, 0.2) is 0 Å². The van der Waals surface area contributed by atoms with E-state index in [9.17, 15) is 34.8 Å². The molecule has 0 saturated heterocycles. The maximum atomic E-state index is 12.7. The first kappa shape index (κ1) is 20.3. The number of alkyl halides is 6. The Hall–Kier alpha value is -0.980. The molecule has 14 heteroatoms. The van der Waals surface area contributed by atoms with E-state index in [1.165, 1.54) is 0 Å². The third kappa shape index (κ3) is 3.62. The summed E-state index contributed by atoms with van der Waals surface area (Å²) < 4.78 is 98.7. The fraction of sp³-hybridized carbons (Fsp3) is 0.182. The molecule has 138 valence electrons. The van der Waals surface area contributed by atoms with Crippen LogP contribution in [0.25, 0.3) is 5.69 Å². The zero-order valence-corrected chi connectivity index (χ0v) is 15.2. The summed E-state index contributed by atoms with van der Waals surface area (Å²) in [5.41, 5.74) is -7.22. The van der Waals surface area contributed by atoms with Gasteiger partial charge in [-0.25, -0.2) is 13.1 Å². The molecule has 0 spiro atoms. The van der Waals surface area contributed by atoms with Crippen LogP contribution < -0.4 is 0 Å². The second-order valence-electron chi connectivity index (χ2n) is 4.45. The molecule has 2 aromatic rings. The standard InChI is InChI=1S/C11H3BrCl2F6N2O2S/c12-9-7(25(23,24)11(18,19)20)3-21-22(9)8-5(13)1-4(2-6(8)14)10(15,16)17/h1-3H. The number of hydrogen-bond donors (Lipinski definition) is 0. The van der Waals surface area contributed by atoms with E-state index in [1.54, 1.807) is 0 Å². The quantitative estimate of drug-likeness (QED) is 0.539. The van der Waals surface area contributed by atoms with Gasteiger partial charge in [-0.15, -0.1) is 0 Å². The number of halogens is 9. The van der Waals surface area contributed by atoms with Crippen molar-refractivity contribution in [2.75, 3.05) is 0 Å². The van der Waals surface area contributed by atoms with Gasteiger partial charge in [-0.2, -0.15) is 31.4 Å². The molecule has 0 amide bonds. The minimum atomic E-state index is -5.75. The molecule has 0 saturated carbocycles. The summed E-state index contributed by atoms with van der Waals surface area (Å²) in [6.45, 7) is 0. The van der Waals surface area contributed by atoms with E-state index >= 15 is 0 Å². The molecule has 2 rings (SSSR count). The van der Waals surface area contributed by atoms with Crippen LogP contribution in [0, 0.1) is 0 Å². The number of aromatic nitrogens is 2. The first-order chi connectivity index (χ1) is 11.2. The zero-order chi connectivity index (χ0) is 19.4. The highest BCUT2D eigenvalue weighted by Gasteiger charge is 2.49. The summed E-state index contributed by atoms with van der Waals surface area (Å²) in [6, 6.07) is 0.962. The first-order valence-corrected chi connectivity index (χ1v) is 8.82. The van der Waals surface area contributed by atoms with Gasteiger partial charge in [0.1, 0.15) is 15.2 Å².